The van der Waals surface area contributed by atoms with Crippen molar-refractivity contribution < 1.29 is 9.90 Å². The van der Waals surface area contributed by atoms with Crippen molar-refractivity contribution in [3.8, 4) is 11.5 Å². The van der Waals surface area contributed by atoms with Crippen molar-refractivity contribution in [2.24, 2.45) is 0 Å². The van der Waals surface area contributed by atoms with Crippen LogP contribution in [0.3, 0.4) is 0 Å². The second-order valence-corrected chi connectivity index (χ2v) is 3.87. The topological polar surface area (TPSA) is 80.9 Å². The predicted octanol–water partition coefficient (Wildman–Crippen LogP) is 2.04. The molecular weight excluding hydrogens is 256 g/mol. The van der Waals surface area contributed by atoms with Gasteiger partial charge in [0.15, 0.2) is 5.82 Å². The fraction of sp³-hybridized carbons (Fsp3) is 0.273. The molecule has 0 fully saturated rings. The third kappa shape index (κ3) is 2.65. The van der Waals surface area contributed by atoms with Gasteiger partial charge in [0.1, 0.15) is 17.7 Å². The molecule has 0 saturated carbocycles. The smallest absolute Gasteiger partial charge is 0.354 e. The molecule has 0 amide bonds. The molecule has 2 aromatic heterocycles. The van der Waals surface area contributed by atoms with Gasteiger partial charge in [0, 0.05) is 6.04 Å². The molecule has 6 nitrogen and oxygen atoms in total. The third-order valence-corrected chi connectivity index (χ3v) is 2.33. The first kappa shape index (κ1) is 14.1. The molecule has 0 aliphatic rings. The Morgan fingerprint density at radius 2 is 2.11 bits per heavy atom. The first-order chi connectivity index (χ1) is 8.09. The molecule has 2 rings (SSSR count). The van der Waals surface area contributed by atoms with E-state index in [9.17, 15) is 4.79 Å². The zero-order valence-electron chi connectivity index (χ0n) is 9.94. The van der Waals surface area contributed by atoms with E-state index < -0.39 is 5.97 Å². The molecule has 0 unspecified atom stereocenters. The van der Waals surface area contributed by atoms with Gasteiger partial charge >= 0.3 is 5.97 Å². The SMILES string of the molecule is CC(C)n1cnnc1-c1cccc(C(=O)O)n1.Cl. The van der Waals surface area contributed by atoms with Crippen molar-refractivity contribution in [3.63, 3.8) is 0 Å². The second kappa shape index (κ2) is 5.59. The highest BCUT2D eigenvalue weighted by Gasteiger charge is 2.13. The average Bonchev–Trinajstić information content (AvgIpc) is 2.78. The maximum absolute atomic E-state index is 10.8. The van der Waals surface area contributed by atoms with Gasteiger partial charge in [-0.1, -0.05) is 6.07 Å². The number of aromatic carboxylic acids is 1. The van der Waals surface area contributed by atoms with Crippen molar-refractivity contribution in [2.45, 2.75) is 19.9 Å². The summed E-state index contributed by atoms with van der Waals surface area (Å²) in [7, 11) is 0. The minimum atomic E-state index is -1.05. The Morgan fingerprint density at radius 3 is 2.72 bits per heavy atom. The summed E-state index contributed by atoms with van der Waals surface area (Å²) < 4.78 is 1.84. The van der Waals surface area contributed by atoms with Gasteiger partial charge in [-0.15, -0.1) is 22.6 Å². The van der Waals surface area contributed by atoms with Gasteiger partial charge in [0.05, 0.1) is 0 Å². The lowest BCUT2D eigenvalue weighted by molar-refractivity contribution is 0.0690. The van der Waals surface area contributed by atoms with Crippen LogP contribution >= 0.6 is 12.4 Å². The van der Waals surface area contributed by atoms with E-state index in [1.54, 1.807) is 18.5 Å². The molecule has 0 saturated heterocycles. The first-order valence-electron chi connectivity index (χ1n) is 5.20. The highest BCUT2D eigenvalue weighted by Crippen LogP contribution is 2.18. The maximum atomic E-state index is 10.8. The summed E-state index contributed by atoms with van der Waals surface area (Å²) >= 11 is 0. The lowest BCUT2D eigenvalue weighted by Crippen LogP contribution is -2.05. The number of rotatable bonds is 3. The Hall–Kier alpha value is -1.95. The minimum absolute atomic E-state index is 0. The van der Waals surface area contributed by atoms with Crippen LogP contribution in [-0.2, 0) is 0 Å². The molecule has 0 bridgehead atoms. The predicted molar refractivity (Wildman–Crippen MR) is 67.8 cm³/mol. The number of hydrogen-bond acceptors (Lipinski definition) is 4. The number of carboxylic acid groups (broad SMARTS) is 1. The van der Waals surface area contributed by atoms with Crippen LogP contribution in [0.1, 0.15) is 30.4 Å². The van der Waals surface area contributed by atoms with Crippen LogP contribution < -0.4 is 0 Å². The van der Waals surface area contributed by atoms with Gasteiger partial charge in [-0.25, -0.2) is 9.78 Å². The number of carboxylic acids is 1. The van der Waals surface area contributed by atoms with E-state index in [0.717, 1.165) is 0 Å². The summed E-state index contributed by atoms with van der Waals surface area (Å²) in [5.41, 5.74) is 0.511. The minimum Gasteiger partial charge on any atom is -0.477 e. The molecule has 0 aliphatic heterocycles. The largest absolute Gasteiger partial charge is 0.477 e. The lowest BCUT2D eigenvalue weighted by Gasteiger charge is -2.09. The van der Waals surface area contributed by atoms with Crippen molar-refractivity contribution in [1.82, 2.24) is 19.7 Å². The Balaban J connectivity index is 0.00000162. The van der Waals surface area contributed by atoms with E-state index >= 15 is 0 Å². The maximum Gasteiger partial charge on any atom is 0.354 e. The van der Waals surface area contributed by atoms with Crippen LogP contribution in [0.5, 0.6) is 0 Å². The molecule has 2 heterocycles. The Bertz CT molecular complexity index is 553. The fourth-order valence-electron chi connectivity index (χ4n) is 1.48. The van der Waals surface area contributed by atoms with Gasteiger partial charge in [-0.2, -0.15) is 0 Å². The standard InChI is InChI=1S/C11H12N4O2.ClH/c1-7(2)15-6-12-14-10(15)8-4-3-5-9(13-8)11(16)17;/h3-7H,1-2H3,(H,16,17);1H. The van der Waals surface area contributed by atoms with Crippen LogP contribution in [0.25, 0.3) is 11.5 Å². The van der Waals surface area contributed by atoms with Gasteiger partial charge < -0.3 is 9.67 Å². The number of aromatic nitrogens is 4. The molecule has 0 aromatic carbocycles. The van der Waals surface area contributed by atoms with Crippen LogP contribution in [0.4, 0.5) is 0 Å². The second-order valence-electron chi connectivity index (χ2n) is 3.87. The van der Waals surface area contributed by atoms with Gasteiger partial charge in [0.2, 0.25) is 0 Å². The fourth-order valence-corrected chi connectivity index (χ4v) is 1.48. The van der Waals surface area contributed by atoms with Crippen LogP contribution in [-0.4, -0.2) is 30.8 Å². The Morgan fingerprint density at radius 1 is 1.39 bits per heavy atom. The highest BCUT2D eigenvalue weighted by atomic mass is 35.5. The van der Waals surface area contributed by atoms with Crippen LogP contribution in [0, 0.1) is 0 Å². The number of halogens is 1. The van der Waals surface area contributed by atoms with Crippen molar-refractivity contribution >= 4 is 18.4 Å². The highest BCUT2D eigenvalue weighted by molar-refractivity contribution is 5.86. The lowest BCUT2D eigenvalue weighted by atomic mass is 10.2. The van der Waals surface area contributed by atoms with E-state index in [1.165, 1.54) is 6.07 Å². The van der Waals surface area contributed by atoms with Crippen LogP contribution in [0.2, 0.25) is 0 Å². The zero-order chi connectivity index (χ0) is 12.4. The van der Waals surface area contributed by atoms with Crippen molar-refractivity contribution in [3.05, 3.63) is 30.2 Å². The summed E-state index contributed by atoms with van der Waals surface area (Å²) in [6.07, 6.45) is 1.61. The molecular formula is C11H13ClN4O2. The van der Waals surface area contributed by atoms with E-state index in [2.05, 4.69) is 15.2 Å². The summed E-state index contributed by atoms with van der Waals surface area (Å²) in [4.78, 5) is 14.9. The zero-order valence-corrected chi connectivity index (χ0v) is 10.8. The molecule has 0 aliphatic carbocycles. The van der Waals surface area contributed by atoms with Gasteiger partial charge in [-0.05, 0) is 26.0 Å². The van der Waals surface area contributed by atoms with E-state index in [-0.39, 0.29) is 24.1 Å². The summed E-state index contributed by atoms with van der Waals surface area (Å²) in [5, 5.41) is 16.7. The van der Waals surface area contributed by atoms with E-state index in [0.29, 0.717) is 11.5 Å². The molecule has 0 atom stereocenters. The Kier molecular flexibility index (Phi) is 4.38. The van der Waals surface area contributed by atoms with Crippen molar-refractivity contribution in [2.75, 3.05) is 0 Å². The number of hydrogen-bond donors (Lipinski definition) is 1. The van der Waals surface area contributed by atoms with Crippen molar-refractivity contribution in [1.29, 1.82) is 0 Å². The summed E-state index contributed by atoms with van der Waals surface area (Å²) in [6, 6.07) is 5.00. The summed E-state index contributed by atoms with van der Waals surface area (Å²) in [5.74, 6) is -0.481. The third-order valence-electron chi connectivity index (χ3n) is 2.33. The van der Waals surface area contributed by atoms with Gasteiger partial charge in [0.25, 0.3) is 0 Å². The normalized spacial score (nSPS) is 10.2. The monoisotopic (exact) mass is 268 g/mol. The molecule has 7 heteroatoms. The van der Waals surface area contributed by atoms with Crippen LogP contribution in [0.15, 0.2) is 24.5 Å². The average molecular weight is 269 g/mol. The molecule has 2 aromatic rings. The molecule has 18 heavy (non-hydrogen) atoms. The van der Waals surface area contributed by atoms with E-state index in [1.807, 2.05) is 18.4 Å². The molecule has 1 N–H and O–H groups in total. The van der Waals surface area contributed by atoms with Gasteiger partial charge in [-0.3, -0.25) is 0 Å². The molecule has 96 valence electrons. The molecule has 0 spiro atoms. The molecule has 0 radical (unpaired) electrons. The first-order valence-corrected chi connectivity index (χ1v) is 5.20. The summed E-state index contributed by atoms with van der Waals surface area (Å²) in [6.45, 7) is 3.99. The Labute approximate surface area is 110 Å². The number of carbonyl (C=O) groups is 1. The number of nitrogens with zero attached hydrogens (tertiary/aromatic N) is 4. The van der Waals surface area contributed by atoms with E-state index in [4.69, 9.17) is 5.11 Å². The quantitative estimate of drug-likeness (QED) is 0.921. The number of pyridine rings is 1.